The molecule has 2 heteroatoms. The van der Waals surface area contributed by atoms with Gasteiger partial charge >= 0.3 is 0 Å². The van der Waals surface area contributed by atoms with Gasteiger partial charge in [-0.2, -0.15) is 0 Å². The Kier molecular flexibility index (Phi) is 3.23. The average molecular weight is 182 g/mol. The van der Waals surface area contributed by atoms with Crippen molar-refractivity contribution in [1.82, 2.24) is 10.2 Å². The van der Waals surface area contributed by atoms with Gasteiger partial charge in [-0.15, -0.1) is 0 Å². The zero-order chi connectivity index (χ0) is 9.10. The second kappa shape index (κ2) is 4.43. The average Bonchev–Trinajstić information content (AvgIpc) is 2.53. The molecule has 0 aliphatic carbocycles. The largest absolute Gasteiger partial charge is 0.317 e. The van der Waals surface area contributed by atoms with Crippen molar-refractivity contribution < 1.29 is 0 Å². The fourth-order valence-corrected chi connectivity index (χ4v) is 2.81. The number of rotatable bonds is 2. The van der Waals surface area contributed by atoms with Crippen LogP contribution in [0.5, 0.6) is 0 Å². The summed E-state index contributed by atoms with van der Waals surface area (Å²) < 4.78 is 0. The number of piperidine rings is 1. The van der Waals surface area contributed by atoms with Gasteiger partial charge in [-0.05, 0) is 64.2 Å². The lowest BCUT2D eigenvalue weighted by molar-refractivity contribution is 0.294. The molecule has 1 N–H and O–H groups in total. The molecular weight excluding hydrogens is 160 g/mol. The molecular formula is C11H22N2. The summed E-state index contributed by atoms with van der Waals surface area (Å²) in [5.41, 5.74) is 0. The van der Waals surface area contributed by atoms with Crippen molar-refractivity contribution in [2.24, 2.45) is 11.8 Å². The number of nitrogens with one attached hydrogen (secondary N) is 1. The van der Waals surface area contributed by atoms with Gasteiger partial charge in [0.2, 0.25) is 0 Å². The highest BCUT2D eigenvalue weighted by molar-refractivity contribution is 4.78. The van der Waals surface area contributed by atoms with Crippen molar-refractivity contribution >= 4 is 0 Å². The van der Waals surface area contributed by atoms with Crippen molar-refractivity contribution in [2.75, 3.05) is 33.2 Å². The summed E-state index contributed by atoms with van der Waals surface area (Å²) in [6, 6.07) is 0. The summed E-state index contributed by atoms with van der Waals surface area (Å²) in [6.45, 7) is 5.19. The van der Waals surface area contributed by atoms with Crippen LogP contribution in [0.4, 0.5) is 0 Å². The Bertz CT molecular complexity index is 149. The van der Waals surface area contributed by atoms with Crippen LogP contribution < -0.4 is 5.32 Å². The van der Waals surface area contributed by atoms with Crippen molar-refractivity contribution in [3.63, 3.8) is 0 Å². The lowest BCUT2D eigenvalue weighted by Crippen LogP contribution is -2.29. The van der Waals surface area contributed by atoms with Crippen LogP contribution in [0.15, 0.2) is 0 Å². The fourth-order valence-electron chi connectivity index (χ4n) is 2.81. The first-order chi connectivity index (χ1) is 6.34. The third kappa shape index (κ3) is 2.68. The van der Waals surface area contributed by atoms with Crippen molar-refractivity contribution in [1.29, 1.82) is 0 Å². The molecule has 0 aromatic heterocycles. The van der Waals surface area contributed by atoms with E-state index in [9.17, 15) is 0 Å². The van der Waals surface area contributed by atoms with Crippen molar-refractivity contribution in [3.05, 3.63) is 0 Å². The first-order valence-electron chi connectivity index (χ1n) is 5.74. The minimum atomic E-state index is 1.01. The number of hydrogen-bond acceptors (Lipinski definition) is 2. The summed E-state index contributed by atoms with van der Waals surface area (Å²) in [5.74, 6) is 2.03. The minimum Gasteiger partial charge on any atom is -0.317 e. The van der Waals surface area contributed by atoms with E-state index in [-0.39, 0.29) is 0 Å². The Balaban J connectivity index is 1.71. The normalized spacial score (nSPS) is 32.5. The zero-order valence-corrected chi connectivity index (χ0v) is 8.76. The van der Waals surface area contributed by atoms with Gasteiger partial charge in [-0.1, -0.05) is 0 Å². The van der Waals surface area contributed by atoms with E-state index in [0.717, 1.165) is 11.8 Å². The van der Waals surface area contributed by atoms with E-state index in [1.807, 2.05) is 0 Å². The summed E-state index contributed by atoms with van der Waals surface area (Å²) in [4.78, 5) is 2.48. The van der Waals surface area contributed by atoms with E-state index < -0.39 is 0 Å². The van der Waals surface area contributed by atoms with Crippen LogP contribution in [0.25, 0.3) is 0 Å². The summed E-state index contributed by atoms with van der Waals surface area (Å²) in [5, 5.41) is 3.44. The Morgan fingerprint density at radius 2 is 1.92 bits per heavy atom. The molecule has 2 rings (SSSR count). The molecule has 2 aliphatic heterocycles. The monoisotopic (exact) mass is 182 g/mol. The van der Waals surface area contributed by atoms with Crippen LogP contribution >= 0.6 is 0 Å². The highest BCUT2D eigenvalue weighted by Crippen LogP contribution is 2.26. The Morgan fingerprint density at radius 1 is 1.15 bits per heavy atom. The lowest BCUT2D eigenvalue weighted by atomic mass is 9.87. The molecule has 2 heterocycles. The molecule has 2 aliphatic rings. The molecule has 0 amide bonds. The minimum absolute atomic E-state index is 1.01. The van der Waals surface area contributed by atoms with Gasteiger partial charge in [0.1, 0.15) is 0 Å². The lowest BCUT2D eigenvalue weighted by Gasteiger charge is -2.25. The van der Waals surface area contributed by atoms with Crippen LogP contribution in [-0.4, -0.2) is 38.1 Å². The highest BCUT2D eigenvalue weighted by Gasteiger charge is 2.23. The van der Waals surface area contributed by atoms with E-state index in [4.69, 9.17) is 0 Å². The number of nitrogens with zero attached hydrogens (tertiary/aromatic N) is 1. The summed E-state index contributed by atoms with van der Waals surface area (Å²) in [7, 11) is 2.25. The molecule has 0 radical (unpaired) electrons. The number of likely N-dealkylation sites (tertiary alicyclic amines) is 1. The van der Waals surface area contributed by atoms with Crippen LogP contribution in [0.1, 0.15) is 25.7 Å². The Morgan fingerprint density at radius 3 is 2.54 bits per heavy atom. The SMILES string of the molecule is CN1CCC(CC2CCNCC2)C1. The second-order valence-electron chi connectivity index (χ2n) is 4.85. The molecule has 1 atom stereocenters. The van der Waals surface area contributed by atoms with E-state index in [0.29, 0.717) is 0 Å². The first kappa shape index (κ1) is 9.47. The molecule has 0 saturated carbocycles. The van der Waals surface area contributed by atoms with Crippen LogP contribution in [0, 0.1) is 11.8 Å². The Labute approximate surface area is 81.7 Å². The smallest absolute Gasteiger partial charge is 0.000719 e. The fraction of sp³-hybridized carbons (Fsp3) is 1.00. The standard InChI is InChI=1S/C11H22N2/c1-13-7-4-11(9-13)8-10-2-5-12-6-3-10/h10-12H,2-9H2,1H3. The molecule has 0 bridgehead atoms. The highest BCUT2D eigenvalue weighted by atomic mass is 15.1. The van der Waals surface area contributed by atoms with Crippen molar-refractivity contribution in [2.45, 2.75) is 25.7 Å². The van der Waals surface area contributed by atoms with E-state index in [1.54, 1.807) is 0 Å². The third-order valence-corrected chi connectivity index (χ3v) is 3.61. The van der Waals surface area contributed by atoms with Crippen molar-refractivity contribution in [3.8, 4) is 0 Å². The second-order valence-corrected chi connectivity index (χ2v) is 4.85. The predicted octanol–water partition coefficient (Wildman–Crippen LogP) is 1.33. The number of hydrogen-bond donors (Lipinski definition) is 1. The molecule has 76 valence electrons. The maximum Gasteiger partial charge on any atom is 0.000719 e. The quantitative estimate of drug-likeness (QED) is 0.693. The molecule has 1 unspecified atom stereocenters. The van der Waals surface area contributed by atoms with E-state index in [2.05, 4.69) is 17.3 Å². The zero-order valence-electron chi connectivity index (χ0n) is 8.76. The van der Waals surface area contributed by atoms with Gasteiger partial charge in [-0.3, -0.25) is 0 Å². The molecule has 0 aromatic carbocycles. The van der Waals surface area contributed by atoms with Gasteiger partial charge in [-0.25, -0.2) is 0 Å². The molecule has 2 nitrogen and oxygen atoms in total. The topological polar surface area (TPSA) is 15.3 Å². The maximum atomic E-state index is 3.44. The first-order valence-corrected chi connectivity index (χ1v) is 5.74. The molecule has 0 spiro atoms. The molecule has 13 heavy (non-hydrogen) atoms. The van der Waals surface area contributed by atoms with Crippen LogP contribution in [0.3, 0.4) is 0 Å². The maximum absolute atomic E-state index is 3.44. The molecule has 2 fully saturated rings. The predicted molar refractivity (Wildman–Crippen MR) is 55.8 cm³/mol. The van der Waals surface area contributed by atoms with E-state index >= 15 is 0 Å². The van der Waals surface area contributed by atoms with E-state index in [1.165, 1.54) is 51.9 Å². The van der Waals surface area contributed by atoms with Crippen LogP contribution in [0.2, 0.25) is 0 Å². The van der Waals surface area contributed by atoms with Crippen LogP contribution in [-0.2, 0) is 0 Å². The van der Waals surface area contributed by atoms with Gasteiger partial charge < -0.3 is 10.2 Å². The third-order valence-electron chi connectivity index (χ3n) is 3.61. The molecule has 0 aromatic rings. The summed E-state index contributed by atoms with van der Waals surface area (Å²) >= 11 is 0. The molecule has 2 saturated heterocycles. The van der Waals surface area contributed by atoms with Gasteiger partial charge in [0.15, 0.2) is 0 Å². The van der Waals surface area contributed by atoms with Gasteiger partial charge in [0.25, 0.3) is 0 Å². The van der Waals surface area contributed by atoms with Gasteiger partial charge in [0.05, 0.1) is 0 Å². The van der Waals surface area contributed by atoms with Gasteiger partial charge in [0, 0.05) is 6.54 Å². The Hall–Kier alpha value is -0.0800. The summed E-state index contributed by atoms with van der Waals surface area (Å²) in [6.07, 6.45) is 5.77.